The van der Waals surface area contributed by atoms with Gasteiger partial charge in [-0.25, -0.2) is 13.1 Å². The largest absolute Gasteiger partial charge is 0.495 e. The van der Waals surface area contributed by atoms with Crippen molar-refractivity contribution in [2.45, 2.75) is 49.5 Å². The van der Waals surface area contributed by atoms with Gasteiger partial charge in [-0.1, -0.05) is 25.7 Å². The van der Waals surface area contributed by atoms with Gasteiger partial charge in [-0.05, 0) is 12.8 Å². The van der Waals surface area contributed by atoms with Crippen LogP contribution >= 0.6 is 12.4 Å². The molecule has 0 bridgehead atoms. The molecule has 3 rings (SSSR count). The fourth-order valence-corrected chi connectivity index (χ4v) is 4.68. The molecule has 1 aromatic rings. The van der Waals surface area contributed by atoms with Crippen LogP contribution in [0.5, 0.6) is 11.5 Å². The lowest BCUT2D eigenvalue weighted by atomic mass is 10.1. The molecule has 8 nitrogen and oxygen atoms in total. The third-order valence-corrected chi connectivity index (χ3v) is 6.38. The van der Waals surface area contributed by atoms with E-state index in [1.165, 1.54) is 44.9 Å². The van der Waals surface area contributed by atoms with Gasteiger partial charge in [-0.3, -0.25) is 4.79 Å². The van der Waals surface area contributed by atoms with Gasteiger partial charge in [-0.2, -0.15) is 0 Å². The van der Waals surface area contributed by atoms with Gasteiger partial charge in [-0.15, -0.1) is 12.4 Å². The average molecular weight is 434 g/mol. The van der Waals surface area contributed by atoms with Gasteiger partial charge in [0.1, 0.15) is 16.4 Å². The maximum Gasteiger partial charge on any atom is 0.262 e. The smallest absolute Gasteiger partial charge is 0.262 e. The molecule has 0 unspecified atom stereocenters. The molecular weight excluding hydrogens is 406 g/mol. The van der Waals surface area contributed by atoms with Crippen LogP contribution in [0.2, 0.25) is 0 Å². The minimum absolute atomic E-state index is 0. The van der Waals surface area contributed by atoms with Crippen LogP contribution in [0, 0.1) is 0 Å². The highest BCUT2D eigenvalue weighted by atomic mass is 35.5. The third-order valence-electron chi connectivity index (χ3n) is 4.89. The van der Waals surface area contributed by atoms with E-state index in [-0.39, 0.29) is 42.1 Å². The zero-order chi connectivity index (χ0) is 19.3. The Labute approximate surface area is 172 Å². The van der Waals surface area contributed by atoms with Crippen molar-refractivity contribution in [1.82, 2.24) is 10.0 Å². The molecule has 0 atom stereocenters. The number of hydrogen-bond acceptors (Lipinski definition) is 6. The summed E-state index contributed by atoms with van der Waals surface area (Å²) in [5.41, 5.74) is 0.400. The van der Waals surface area contributed by atoms with E-state index in [0.717, 1.165) is 12.8 Å². The Morgan fingerprint density at radius 1 is 1.18 bits per heavy atom. The molecular formula is C18H28ClN3O5S. The first-order valence-electron chi connectivity index (χ1n) is 9.37. The number of benzene rings is 1. The summed E-state index contributed by atoms with van der Waals surface area (Å²) >= 11 is 0. The van der Waals surface area contributed by atoms with Crippen LogP contribution in [-0.2, 0) is 14.8 Å². The number of anilines is 1. The summed E-state index contributed by atoms with van der Waals surface area (Å²) in [7, 11) is -2.38. The third kappa shape index (κ3) is 5.73. The summed E-state index contributed by atoms with van der Waals surface area (Å²) in [6, 6.07) is 3.31. The highest BCUT2D eigenvalue weighted by Crippen LogP contribution is 2.37. The van der Waals surface area contributed by atoms with Crippen molar-refractivity contribution in [3.05, 3.63) is 12.1 Å². The number of nitrogens with one attached hydrogen (secondary N) is 3. The molecule has 0 radical (unpaired) electrons. The van der Waals surface area contributed by atoms with Crippen LogP contribution in [0.4, 0.5) is 5.69 Å². The normalized spacial score (nSPS) is 17.5. The zero-order valence-corrected chi connectivity index (χ0v) is 17.6. The molecule has 0 aromatic heterocycles. The van der Waals surface area contributed by atoms with E-state index < -0.39 is 10.0 Å². The summed E-state index contributed by atoms with van der Waals surface area (Å²) in [4.78, 5) is 11.4. The van der Waals surface area contributed by atoms with Gasteiger partial charge in [0, 0.05) is 31.3 Å². The van der Waals surface area contributed by atoms with Crippen LogP contribution in [0.25, 0.3) is 0 Å². The van der Waals surface area contributed by atoms with E-state index >= 15 is 0 Å². The molecule has 1 aliphatic heterocycles. The van der Waals surface area contributed by atoms with Gasteiger partial charge in [0.25, 0.3) is 5.91 Å². The van der Waals surface area contributed by atoms with E-state index in [2.05, 4.69) is 15.4 Å². The highest BCUT2D eigenvalue weighted by molar-refractivity contribution is 7.89. The summed E-state index contributed by atoms with van der Waals surface area (Å²) in [5, 5.41) is 6.08. The Bertz CT molecular complexity index is 780. The second-order valence-electron chi connectivity index (χ2n) is 6.88. The van der Waals surface area contributed by atoms with Crippen molar-refractivity contribution in [2.24, 2.45) is 0 Å². The number of methoxy groups -OCH3 is 1. The molecule has 3 N–H and O–H groups in total. The Kier molecular flexibility index (Phi) is 8.36. The highest BCUT2D eigenvalue weighted by Gasteiger charge is 2.25. The van der Waals surface area contributed by atoms with Crippen LogP contribution < -0.4 is 24.8 Å². The van der Waals surface area contributed by atoms with Gasteiger partial charge in [0.05, 0.1) is 12.8 Å². The van der Waals surface area contributed by atoms with Gasteiger partial charge < -0.3 is 20.1 Å². The molecule has 0 saturated heterocycles. The summed E-state index contributed by atoms with van der Waals surface area (Å²) in [6.07, 6.45) is 7.32. The van der Waals surface area contributed by atoms with Crippen molar-refractivity contribution in [1.29, 1.82) is 0 Å². The quantitative estimate of drug-likeness (QED) is 0.449. The van der Waals surface area contributed by atoms with Gasteiger partial charge >= 0.3 is 0 Å². The van der Waals surface area contributed by atoms with E-state index in [9.17, 15) is 13.2 Å². The average Bonchev–Trinajstić information content (AvgIpc) is 2.93. The minimum Gasteiger partial charge on any atom is -0.495 e. The monoisotopic (exact) mass is 433 g/mol. The van der Waals surface area contributed by atoms with E-state index in [1.807, 2.05) is 0 Å². The summed E-state index contributed by atoms with van der Waals surface area (Å²) < 4.78 is 38.5. The van der Waals surface area contributed by atoms with E-state index in [1.54, 1.807) is 0 Å². The molecule has 28 heavy (non-hydrogen) atoms. The lowest BCUT2D eigenvalue weighted by molar-refractivity contribution is -0.118. The Hall–Kier alpha value is -1.55. The van der Waals surface area contributed by atoms with E-state index in [0.29, 0.717) is 24.0 Å². The van der Waals surface area contributed by atoms with E-state index in [4.69, 9.17) is 9.47 Å². The SMILES string of the molecule is COc1cc2c(cc1S(=O)(=O)NCCNC1CCCCCC1)OCC(=O)N2.Cl. The molecule has 1 fully saturated rings. The van der Waals surface area contributed by atoms with Crippen LogP contribution in [0.1, 0.15) is 38.5 Å². The molecule has 1 aromatic carbocycles. The van der Waals surface area contributed by atoms with Crippen molar-refractivity contribution >= 4 is 34.0 Å². The summed E-state index contributed by atoms with van der Waals surface area (Å²) in [6.45, 7) is 0.720. The van der Waals surface area contributed by atoms with Gasteiger partial charge in [0.2, 0.25) is 10.0 Å². The predicted octanol–water partition coefficient (Wildman–Crippen LogP) is 2.04. The number of fused-ring (bicyclic) bond motifs is 1. The molecule has 158 valence electrons. The number of halogens is 1. The maximum absolute atomic E-state index is 12.7. The molecule has 1 amide bonds. The lowest BCUT2D eigenvalue weighted by Gasteiger charge is -2.21. The fraction of sp³-hybridized carbons (Fsp3) is 0.611. The number of ether oxygens (including phenoxy) is 2. The first-order valence-corrected chi connectivity index (χ1v) is 10.9. The van der Waals surface area contributed by atoms with Crippen LogP contribution in [0.15, 0.2) is 17.0 Å². The predicted molar refractivity (Wildman–Crippen MR) is 109 cm³/mol. The number of amides is 1. The number of carbonyl (C=O) groups is 1. The standard InChI is InChI=1S/C18H27N3O5S.ClH/c1-25-16-10-14-15(26-12-18(22)21-14)11-17(16)27(23,24)20-9-8-19-13-6-4-2-3-5-7-13;/h10-11,13,19-20H,2-9,12H2,1H3,(H,21,22);1H. The van der Waals surface area contributed by atoms with Crippen LogP contribution in [0.3, 0.4) is 0 Å². The Morgan fingerprint density at radius 2 is 1.89 bits per heavy atom. The number of rotatable bonds is 7. The lowest BCUT2D eigenvalue weighted by Crippen LogP contribution is -2.37. The second-order valence-corrected chi connectivity index (χ2v) is 8.61. The Balaban J connectivity index is 0.00000280. The molecule has 0 spiro atoms. The molecule has 10 heteroatoms. The van der Waals surface area contributed by atoms with Crippen molar-refractivity contribution in [3.63, 3.8) is 0 Å². The maximum atomic E-state index is 12.7. The van der Waals surface area contributed by atoms with Gasteiger partial charge in [0.15, 0.2) is 6.61 Å². The first kappa shape index (κ1) is 22.7. The first-order chi connectivity index (χ1) is 13.0. The number of hydrogen-bond donors (Lipinski definition) is 3. The number of sulfonamides is 1. The van der Waals surface area contributed by atoms with Crippen molar-refractivity contribution < 1.29 is 22.7 Å². The van der Waals surface area contributed by atoms with Crippen molar-refractivity contribution in [2.75, 3.05) is 32.1 Å². The van der Waals surface area contributed by atoms with Crippen molar-refractivity contribution in [3.8, 4) is 11.5 Å². The minimum atomic E-state index is -3.77. The summed E-state index contributed by atoms with van der Waals surface area (Å²) in [5.74, 6) is 0.180. The number of carbonyl (C=O) groups excluding carboxylic acids is 1. The van der Waals surface area contributed by atoms with Crippen LogP contribution in [-0.4, -0.2) is 47.2 Å². The topological polar surface area (TPSA) is 106 Å². The molecule has 1 saturated carbocycles. The zero-order valence-electron chi connectivity index (χ0n) is 16.0. The second kappa shape index (κ2) is 10.3. The fourth-order valence-electron chi connectivity index (χ4n) is 3.48. The molecule has 2 aliphatic rings. The Morgan fingerprint density at radius 3 is 2.57 bits per heavy atom. The molecule has 1 aliphatic carbocycles. The molecule has 1 heterocycles.